The third-order valence-electron chi connectivity index (χ3n) is 3.75. The van der Waals surface area contributed by atoms with Crippen molar-refractivity contribution < 1.29 is 0 Å². The molecule has 0 spiro atoms. The van der Waals surface area contributed by atoms with E-state index in [9.17, 15) is 5.26 Å². The molecule has 0 N–H and O–H groups in total. The summed E-state index contributed by atoms with van der Waals surface area (Å²) in [5.41, 5.74) is 2.55. The van der Waals surface area contributed by atoms with Gasteiger partial charge in [0.2, 0.25) is 0 Å². The fraction of sp³-hybridized carbons (Fsp3) is 0.278. The molecule has 3 rings (SSSR count). The summed E-state index contributed by atoms with van der Waals surface area (Å²) in [6.07, 6.45) is 0.806. The SMILES string of the molecule is CC(C)Cc1c(C#N)nnn1Cc1cccc2ccccc12. The van der Waals surface area contributed by atoms with E-state index in [0.29, 0.717) is 18.2 Å². The minimum Gasteiger partial charge on any atom is -0.244 e. The number of nitrogens with zero attached hydrogens (tertiary/aromatic N) is 4. The van der Waals surface area contributed by atoms with E-state index in [1.54, 1.807) is 0 Å². The maximum absolute atomic E-state index is 9.22. The molecular formula is C18H18N4. The molecule has 3 aromatic rings. The van der Waals surface area contributed by atoms with Crippen LogP contribution in [0.5, 0.6) is 0 Å². The Bertz CT molecular complexity index is 834. The lowest BCUT2D eigenvalue weighted by Gasteiger charge is -2.10. The smallest absolute Gasteiger partial charge is 0.185 e. The van der Waals surface area contributed by atoms with Crippen LogP contribution in [0.25, 0.3) is 10.8 Å². The summed E-state index contributed by atoms with van der Waals surface area (Å²) >= 11 is 0. The second kappa shape index (κ2) is 5.98. The van der Waals surface area contributed by atoms with Crippen LogP contribution in [0.15, 0.2) is 42.5 Å². The van der Waals surface area contributed by atoms with Gasteiger partial charge in [-0.25, -0.2) is 4.68 Å². The van der Waals surface area contributed by atoms with Crippen molar-refractivity contribution in [1.82, 2.24) is 15.0 Å². The Morgan fingerprint density at radius 2 is 1.91 bits per heavy atom. The summed E-state index contributed by atoms with van der Waals surface area (Å²) in [7, 11) is 0. The molecule has 0 unspecified atom stereocenters. The van der Waals surface area contributed by atoms with Crippen molar-refractivity contribution in [3.8, 4) is 6.07 Å². The molecule has 0 radical (unpaired) electrons. The molecule has 0 amide bonds. The number of aromatic nitrogens is 3. The molecular weight excluding hydrogens is 272 g/mol. The Labute approximate surface area is 130 Å². The van der Waals surface area contributed by atoms with Crippen LogP contribution < -0.4 is 0 Å². The summed E-state index contributed by atoms with van der Waals surface area (Å²) < 4.78 is 1.86. The lowest BCUT2D eigenvalue weighted by atomic mass is 10.0. The van der Waals surface area contributed by atoms with Gasteiger partial charge in [-0.05, 0) is 28.7 Å². The highest BCUT2D eigenvalue weighted by Crippen LogP contribution is 2.20. The van der Waals surface area contributed by atoms with E-state index in [-0.39, 0.29) is 0 Å². The van der Waals surface area contributed by atoms with Crippen molar-refractivity contribution in [3.63, 3.8) is 0 Å². The van der Waals surface area contributed by atoms with Crippen LogP contribution in [-0.4, -0.2) is 15.0 Å². The Hall–Kier alpha value is -2.67. The molecule has 0 bridgehead atoms. The molecule has 0 fully saturated rings. The maximum Gasteiger partial charge on any atom is 0.185 e. The first-order valence-corrected chi connectivity index (χ1v) is 7.48. The molecule has 4 heteroatoms. The number of fused-ring (bicyclic) bond motifs is 1. The van der Waals surface area contributed by atoms with Crippen LogP contribution in [0.1, 0.15) is 30.8 Å². The summed E-state index contributed by atoms with van der Waals surface area (Å²) in [6, 6.07) is 16.7. The van der Waals surface area contributed by atoms with E-state index in [0.717, 1.165) is 12.1 Å². The van der Waals surface area contributed by atoms with E-state index in [2.05, 4.69) is 60.6 Å². The van der Waals surface area contributed by atoms with Gasteiger partial charge in [-0.2, -0.15) is 5.26 Å². The number of nitriles is 1. The zero-order chi connectivity index (χ0) is 15.5. The molecule has 1 heterocycles. The third-order valence-corrected chi connectivity index (χ3v) is 3.75. The molecule has 1 aromatic heterocycles. The van der Waals surface area contributed by atoms with Crippen molar-refractivity contribution in [2.45, 2.75) is 26.8 Å². The highest BCUT2D eigenvalue weighted by molar-refractivity contribution is 5.85. The number of benzene rings is 2. The van der Waals surface area contributed by atoms with Gasteiger partial charge in [0, 0.05) is 0 Å². The van der Waals surface area contributed by atoms with Crippen molar-refractivity contribution >= 4 is 10.8 Å². The van der Waals surface area contributed by atoms with E-state index < -0.39 is 0 Å². The van der Waals surface area contributed by atoms with Gasteiger partial charge < -0.3 is 0 Å². The molecule has 22 heavy (non-hydrogen) atoms. The van der Waals surface area contributed by atoms with Crippen molar-refractivity contribution in [2.24, 2.45) is 5.92 Å². The summed E-state index contributed by atoms with van der Waals surface area (Å²) in [6.45, 7) is 4.91. The van der Waals surface area contributed by atoms with Crippen molar-refractivity contribution in [1.29, 1.82) is 5.26 Å². The quantitative estimate of drug-likeness (QED) is 0.738. The van der Waals surface area contributed by atoms with E-state index in [1.807, 2.05) is 16.8 Å². The van der Waals surface area contributed by atoms with Crippen LogP contribution in [-0.2, 0) is 13.0 Å². The molecule has 0 saturated carbocycles. The largest absolute Gasteiger partial charge is 0.244 e. The van der Waals surface area contributed by atoms with Gasteiger partial charge >= 0.3 is 0 Å². The van der Waals surface area contributed by atoms with Gasteiger partial charge in [0.05, 0.1) is 12.2 Å². The zero-order valence-electron chi connectivity index (χ0n) is 12.8. The van der Waals surface area contributed by atoms with Crippen LogP contribution >= 0.6 is 0 Å². The van der Waals surface area contributed by atoms with E-state index in [4.69, 9.17) is 0 Å². The monoisotopic (exact) mass is 290 g/mol. The average molecular weight is 290 g/mol. The predicted molar refractivity (Wildman–Crippen MR) is 86.3 cm³/mol. The first kappa shape index (κ1) is 14.3. The first-order chi connectivity index (χ1) is 10.7. The van der Waals surface area contributed by atoms with Gasteiger partial charge in [0.25, 0.3) is 0 Å². The standard InChI is InChI=1S/C18H18N4/c1-13(2)10-18-17(11-19)20-21-22(18)12-15-8-5-7-14-6-3-4-9-16(14)15/h3-9,13H,10,12H2,1-2H3. The van der Waals surface area contributed by atoms with Gasteiger partial charge in [-0.3, -0.25) is 0 Å². The molecule has 4 nitrogen and oxygen atoms in total. The van der Waals surface area contributed by atoms with Crippen LogP contribution in [0.4, 0.5) is 0 Å². The molecule has 0 aliphatic carbocycles. The zero-order valence-corrected chi connectivity index (χ0v) is 12.8. The van der Waals surface area contributed by atoms with E-state index >= 15 is 0 Å². The fourth-order valence-electron chi connectivity index (χ4n) is 2.73. The van der Waals surface area contributed by atoms with Crippen LogP contribution in [0.3, 0.4) is 0 Å². The molecule has 0 aliphatic rings. The Kier molecular flexibility index (Phi) is 3.88. The number of hydrogen-bond donors (Lipinski definition) is 0. The highest BCUT2D eigenvalue weighted by atomic mass is 15.4. The molecule has 2 aromatic carbocycles. The van der Waals surface area contributed by atoms with Crippen molar-refractivity contribution in [2.75, 3.05) is 0 Å². The predicted octanol–water partition coefficient (Wildman–Crippen LogP) is 3.55. The highest BCUT2D eigenvalue weighted by Gasteiger charge is 2.14. The summed E-state index contributed by atoms with van der Waals surface area (Å²) in [4.78, 5) is 0. The number of hydrogen-bond acceptors (Lipinski definition) is 3. The first-order valence-electron chi connectivity index (χ1n) is 7.48. The van der Waals surface area contributed by atoms with Gasteiger partial charge in [0.1, 0.15) is 6.07 Å². The summed E-state index contributed by atoms with van der Waals surface area (Å²) in [5.74, 6) is 0.455. The lowest BCUT2D eigenvalue weighted by molar-refractivity contribution is 0.565. The molecule has 110 valence electrons. The molecule has 0 saturated heterocycles. The normalized spacial score (nSPS) is 11.0. The maximum atomic E-state index is 9.22. The van der Waals surface area contributed by atoms with Gasteiger partial charge in [-0.1, -0.05) is 61.5 Å². The lowest BCUT2D eigenvalue weighted by Crippen LogP contribution is -2.10. The van der Waals surface area contributed by atoms with Gasteiger partial charge in [0.15, 0.2) is 5.69 Å². The Morgan fingerprint density at radius 1 is 1.14 bits per heavy atom. The second-order valence-electron chi connectivity index (χ2n) is 5.89. The topological polar surface area (TPSA) is 54.5 Å². The van der Waals surface area contributed by atoms with Crippen molar-refractivity contribution in [3.05, 3.63) is 59.4 Å². The minimum absolute atomic E-state index is 0.439. The average Bonchev–Trinajstić information content (AvgIpc) is 2.89. The van der Waals surface area contributed by atoms with Crippen LogP contribution in [0.2, 0.25) is 0 Å². The molecule has 0 aliphatic heterocycles. The summed E-state index contributed by atoms with van der Waals surface area (Å²) in [5, 5.41) is 19.8. The van der Waals surface area contributed by atoms with Crippen LogP contribution in [0, 0.1) is 17.2 Å². The molecule has 0 atom stereocenters. The number of rotatable bonds is 4. The Balaban J connectivity index is 2.02. The Morgan fingerprint density at radius 3 is 2.68 bits per heavy atom. The second-order valence-corrected chi connectivity index (χ2v) is 5.89. The van der Waals surface area contributed by atoms with E-state index in [1.165, 1.54) is 16.3 Å². The fourth-order valence-corrected chi connectivity index (χ4v) is 2.73. The minimum atomic E-state index is 0.439. The third kappa shape index (κ3) is 2.71. The van der Waals surface area contributed by atoms with Gasteiger partial charge in [-0.15, -0.1) is 5.10 Å².